The second-order valence-electron chi connectivity index (χ2n) is 4.51. The van der Waals surface area contributed by atoms with Crippen LogP contribution in [0.4, 0.5) is 0 Å². The van der Waals surface area contributed by atoms with Crippen molar-refractivity contribution in [3.63, 3.8) is 0 Å². The van der Waals surface area contributed by atoms with Crippen molar-refractivity contribution in [2.75, 3.05) is 7.05 Å². The van der Waals surface area contributed by atoms with Gasteiger partial charge in [0.05, 0.1) is 14.7 Å². The number of ether oxygens (including phenoxy) is 1. The molecule has 0 bridgehead atoms. The summed E-state index contributed by atoms with van der Waals surface area (Å²) in [6.45, 7) is 0. The molecule has 1 N–H and O–H groups in total. The van der Waals surface area contributed by atoms with Gasteiger partial charge in [0.1, 0.15) is 11.9 Å². The normalized spacial score (nSPS) is 19.0. The molecule has 0 spiro atoms. The number of hydrogen-bond donors (Lipinski definition) is 1. The van der Waals surface area contributed by atoms with Crippen molar-refractivity contribution < 1.29 is 4.74 Å². The van der Waals surface area contributed by atoms with E-state index >= 15 is 0 Å². The summed E-state index contributed by atoms with van der Waals surface area (Å²) < 4.78 is 7.45. The van der Waals surface area contributed by atoms with Gasteiger partial charge >= 0.3 is 0 Å². The van der Waals surface area contributed by atoms with Gasteiger partial charge in [0.2, 0.25) is 0 Å². The number of para-hydroxylation sites is 1. The van der Waals surface area contributed by atoms with Gasteiger partial charge in [-0.25, -0.2) is 0 Å². The molecule has 0 saturated heterocycles. The number of fused-ring (bicyclic) bond motifs is 1. The minimum absolute atomic E-state index is 0.0450. The molecule has 0 aliphatic carbocycles. The summed E-state index contributed by atoms with van der Waals surface area (Å²) >= 11 is 13.7. The van der Waals surface area contributed by atoms with E-state index in [4.69, 9.17) is 27.9 Å². The summed E-state index contributed by atoms with van der Waals surface area (Å²) in [4.78, 5) is 0. The molecule has 2 heterocycles. The van der Waals surface area contributed by atoms with Crippen molar-refractivity contribution in [1.29, 1.82) is 0 Å². The van der Waals surface area contributed by atoms with E-state index in [1.165, 1.54) is 16.9 Å². The first-order valence-corrected chi connectivity index (χ1v) is 7.63. The standard InChI is InChI=1S/C14H13Cl2NOS/c1-17-13(9-7-12(15)19-14(9)16)11-6-8-4-2-3-5-10(8)18-11/h2-5,7,11,13,17H,6H2,1H3. The Labute approximate surface area is 126 Å². The number of hydrogen-bond acceptors (Lipinski definition) is 3. The van der Waals surface area contributed by atoms with E-state index in [9.17, 15) is 0 Å². The van der Waals surface area contributed by atoms with E-state index in [1.54, 1.807) is 0 Å². The summed E-state index contributed by atoms with van der Waals surface area (Å²) in [6.07, 6.45) is 0.927. The Bertz CT molecular complexity index is 574. The maximum Gasteiger partial charge on any atom is 0.123 e. The van der Waals surface area contributed by atoms with Gasteiger partial charge in [0.25, 0.3) is 0 Å². The topological polar surface area (TPSA) is 21.3 Å². The average Bonchev–Trinajstić information content (AvgIpc) is 2.94. The second-order valence-corrected chi connectivity index (χ2v) is 6.80. The molecule has 2 atom stereocenters. The van der Waals surface area contributed by atoms with Gasteiger partial charge in [-0.05, 0) is 24.7 Å². The zero-order valence-electron chi connectivity index (χ0n) is 10.3. The Morgan fingerprint density at radius 1 is 1.37 bits per heavy atom. The highest BCUT2D eigenvalue weighted by molar-refractivity contribution is 7.20. The SMILES string of the molecule is CNC(c1cc(Cl)sc1Cl)C1Cc2ccccc2O1. The first-order valence-electron chi connectivity index (χ1n) is 6.05. The molecular formula is C14H13Cl2NOS. The van der Waals surface area contributed by atoms with Gasteiger partial charge in [0, 0.05) is 12.0 Å². The molecule has 100 valence electrons. The van der Waals surface area contributed by atoms with E-state index in [0.717, 1.165) is 22.1 Å². The molecule has 2 aromatic rings. The molecule has 0 radical (unpaired) electrons. The van der Waals surface area contributed by atoms with E-state index in [-0.39, 0.29) is 12.1 Å². The summed E-state index contributed by atoms with van der Waals surface area (Å²) in [7, 11) is 1.92. The molecule has 0 fully saturated rings. The Hall–Kier alpha value is -0.740. The second kappa shape index (κ2) is 5.33. The van der Waals surface area contributed by atoms with Crippen LogP contribution in [0, 0.1) is 0 Å². The van der Waals surface area contributed by atoms with Gasteiger partial charge in [-0.1, -0.05) is 41.4 Å². The maximum atomic E-state index is 6.25. The molecule has 1 aliphatic rings. The fourth-order valence-corrected chi connectivity index (χ4v) is 4.05. The molecule has 3 rings (SSSR count). The van der Waals surface area contributed by atoms with E-state index in [0.29, 0.717) is 4.34 Å². The Morgan fingerprint density at radius 2 is 2.16 bits per heavy atom. The Morgan fingerprint density at radius 3 is 2.79 bits per heavy atom. The number of benzene rings is 1. The minimum atomic E-state index is 0.0450. The van der Waals surface area contributed by atoms with Crippen molar-refractivity contribution in [3.8, 4) is 5.75 Å². The van der Waals surface area contributed by atoms with Crippen LogP contribution in [-0.2, 0) is 6.42 Å². The molecule has 0 saturated carbocycles. The predicted molar refractivity (Wildman–Crippen MR) is 80.7 cm³/mol. The van der Waals surface area contributed by atoms with Crippen molar-refractivity contribution in [2.45, 2.75) is 18.6 Å². The van der Waals surface area contributed by atoms with E-state index in [2.05, 4.69) is 11.4 Å². The van der Waals surface area contributed by atoms with Crippen molar-refractivity contribution >= 4 is 34.5 Å². The highest BCUT2D eigenvalue weighted by atomic mass is 35.5. The smallest absolute Gasteiger partial charge is 0.123 e. The lowest BCUT2D eigenvalue weighted by Gasteiger charge is -2.22. The molecule has 1 aromatic carbocycles. The molecule has 2 nitrogen and oxygen atoms in total. The summed E-state index contributed by atoms with van der Waals surface area (Å²) in [5.74, 6) is 0.963. The lowest BCUT2D eigenvalue weighted by Crippen LogP contribution is -2.32. The van der Waals surface area contributed by atoms with Crippen molar-refractivity contribution in [3.05, 3.63) is 50.1 Å². The molecule has 2 unspecified atom stereocenters. The highest BCUT2D eigenvalue weighted by Gasteiger charge is 2.32. The van der Waals surface area contributed by atoms with Crippen LogP contribution in [0.15, 0.2) is 30.3 Å². The van der Waals surface area contributed by atoms with Crippen molar-refractivity contribution in [1.82, 2.24) is 5.32 Å². The van der Waals surface area contributed by atoms with Crippen LogP contribution in [0.5, 0.6) is 5.75 Å². The first-order chi connectivity index (χ1) is 9.19. The van der Waals surface area contributed by atoms with Crippen LogP contribution in [0.25, 0.3) is 0 Å². The van der Waals surface area contributed by atoms with Gasteiger partial charge in [-0.15, -0.1) is 11.3 Å². The largest absolute Gasteiger partial charge is 0.488 e. The third-order valence-electron chi connectivity index (χ3n) is 3.37. The Balaban J connectivity index is 1.88. The first kappa shape index (κ1) is 13.3. The number of nitrogens with one attached hydrogen (secondary N) is 1. The number of likely N-dealkylation sites (N-methyl/N-ethyl adjacent to an activating group) is 1. The molecule has 0 amide bonds. The van der Waals surface area contributed by atoms with Crippen LogP contribution < -0.4 is 10.1 Å². The van der Waals surface area contributed by atoms with E-state index < -0.39 is 0 Å². The van der Waals surface area contributed by atoms with Crippen LogP contribution in [0.2, 0.25) is 8.67 Å². The molecule has 1 aromatic heterocycles. The van der Waals surface area contributed by atoms with Crippen LogP contribution in [0.3, 0.4) is 0 Å². The maximum absolute atomic E-state index is 6.25. The predicted octanol–water partition coefficient (Wildman–Crippen LogP) is 4.32. The minimum Gasteiger partial charge on any atom is -0.488 e. The van der Waals surface area contributed by atoms with Gasteiger partial charge < -0.3 is 10.1 Å². The van der Waals surface area contributed by atoms with Crippen molar-refractivity contribution in [2.24, 2.45) is 0 Å². The van der Waals surface area contributed by atoms with Gasteiger partial charge in [0.15, 0.2) is 0 Å². The highest BCUT2D eigenvalue weighted by Crippen LogP contribution is 2.40. The molecular weight excluding hydrogens is 301 g/mol. The summed E-state index contributed by atoms with van der Waals surface area (Å²) in [5.41, 5.74) is 2.25. The molecule has 1 aliphatic heterocycles. The third kappa shape index (κ3) is 2.48. The quantitative estimate of drug-likeness (QED) is 0.911. The lowest BCUT2D eigenvalue weighted by atomic mass is 10.00. The fourth-order valence-electron chi connectivity index (χ4n) is 2.50. The summed E-state index contributed by atoms with van der Waals surface area (Å²) in [6, 6.07) is 10.1. The average molecular weight is 314 g/mol. The van der Waals surface area contributed by atoms with E-state index in [1.807, 2.05) is 31.3 Å². The zero-order valence-corrected chi connectivity index (χ0v) is 12.6. The number of rotatable bonds is 3. The fraction of sp³-hybridized carbons (Fsp3) is 0.286. The lowest BCUT2D eigenvalue weighted by molar-refractivity contribution is 0.184. The Kier molecular flexibility index (Phi) is 3.72. The zero-order chi connectivity index (χ0) is 13.4. The number of thiophene rings is 1. The van der Waals surface area contributed by atoms with Crippen LogP contribution in [0.1, 0.15) is 17.2 Å². The van der Waals surface area contributed by atoms with Crippen LogP contribution >= 0.6 is 34.5 Å². The third-order valence-corrected chi connectivity index (χ3v) is 4.89. The van der Waals surface area contributed by atoms with Crippen LogP contribution in [-0.4, -0.2) is 13.2 Å². The molecule has 5 heteroatoms. The monoisotopic (exact) mass is 313 g/mol. The molecule has 19 heavy (non-hydrogen) atoms. The number of halogens is 2. The summed E-state index contributed by atoms with van der Waals surface area (Å²) in [5, 5.41) is 3.29. The van der Waals surface area contributed by atoms with Gasteiger partial charge in [-0.3, -0.25) is 0 Å². The van der Waals surface area contributed by atoms with Gasteiger partial charge in [-0.2, -0.15) is 0 Å².